The van der Waals surface area contributed by atoms with Crippen molar-refractivity contribution in [3.8, 4) is 0 Å². The highest BCUT2D eigenvalue weighted by Crippen LogP contribution is 2.60. The molecule has 0 aromatic rings. The van der Waals surface area contributed by atoms with E-state index in [0.717, 1.165) is 19.3 Å². The van der Waals surface area contributed by atoms with Crippen molar-refractivity contribution in [3.05, 3.63) is 0 Å². The smallest absolute Gasteiger partial charge is 0.431 e. The van der Waals surface area contributed by atoms with Gasteiger partial charge in [0.05, 0.1) is 5.41 Å². The number of halogens is 5. The van der Waals surface area contributed by atoms with Crippen molar-refractivity contribution in [1.29, 1.82) is 0 Å². The molecular weight excluding hydrogens is 319 g/mol. The maximum absolute atomic E-state index is 13.2. The molecule has 134 valence electrons. The first-order chi connectivity index (χ1) is 9.99. The number of carbonyl (C=O) groups excluding carboxylic acids is 1. The lowest BCUT2D eigenvalue weighted by atomic mass is 9.49. The van der Waals surface area contributed by atoms with Gasteiger partial charge in [0.2, 0.25) is 0 Å². The zero-order valence-electron chi connectivity index (χ0n) is 12.3. The Hall–Kier alpha value is -0.880. The zero-order chi connectivity index (χ0) is 16.3. The maximum Gasteiger partial charge on any atom is 0.431 e. The van der Waals surface area contributed by atoms with Crippen LogP contribution in [0.2, 0.25) is 0 Å². The summed E-state index contributed by atoms with van der Waals surface area (Å²) >= 11 is 0. The summed E-state index contributed by atoms with van der Waals surface area (Å²) in [5.41, 5.74) is -0.969. The quantitative estimate of drug-likeness (QED) is 0.535. The molecule has 4 saturated carbocycles. The largest absolute Gasteiger partial charge is 0.446 e. The highest BCUT2D eigenvalue weighted by atomic mass is 19.4. The highest BCUT2D eigenvalue weighted by Gasteiger charge is 2.60. The van der Waals surface area contributed by atoms with Crippen LogP contribution in [-0.2, 0) is 9.53 Å². The molecule has 4 fully saturated rings. The summed E-state index contributed by atoms with van der Waals surface area (Å²) in [6.07, 6.45) is -4.18. The molecule has 0 spiro atoms. The van der Waals surface area contributed by atoms with Gasteiger partial charge < -0.3 is 4.74 Å². The van der Waals surface area contributed by atoms with Crippen molar-refractivity contribution in [1.82, 2.24) is 0 Å². The molecule has 4 aliphatic carbocycles. The van der Waals surface area contributed by atoms with Gasteiger partial charge in [-0.1, -0.05) is 7.43 Å². The van der Waals surface area contributed by atoms with Crippen LogP contribution in [-0.4, -0.2) is 24.2 Å². The fourth-order valence-electron chi connectivity index (χ4n) is 5.05. The third kappa shape index (κ3) is 3.33. The van der Waals surface area contributed by atoms with Crippen molar-refractivity contribution in [2.24, 2.45) is 23.2 Å². The summed E-state index contributed by atoms with van der Waals surface area (Å²) in [4.78, 5) is 12.3. The van der Waals surface area contributed by atoms with Gasteiger partial charge in [-0.3, -0.25) is 4.79 Å². The molecule has 1 atom stereocenters. The second kappa shape index (κ2) is 5.59. The van der Waals surface area contributed by atoms with Crippen LogP contribution in [0.4, 0.5) is 22.0 Å². The zero-order valence-corrected chi connectivity index (χ0v) is 12.3. The average molecular weight is 342 g/mol. The molecule has 4 bridgehead atoms. The predicted octanol–water partition coefficient (Wildman–Crippen LogP) is 4.97. The van der Waals surface area contributed by atoms with E-state index < -0.39 is 29.6 Å². The van der Waals surface area contributed by atoms with Crippen molar-refractivity contribution < 1.29 is 31.5 Å². The lowest BCUT2D eigenvalue weighted by Gasteiger charge is -2.55. The van der Waals surface area contributed by atoms with Crippen molar-refractivity contribution >= 4 is 5.97 Å². The molecule has 0 aliphatic heterocycles. The first-order valence-electron chi connectivity index (χ1n) is 7.65. The van der Waals surface area contributed by atoms with E-state index in [1.54, 1.807) is 0 Å². The SMILES string of the molecule is C.CC(F)(F)C(OC(=O)C12CC3CC(CC(C3)C1)C2)C(F)(F)F. The van der Waals surface area contributed by atoms with E-state index in [2.05, 4.69) is 4.74 Å². The molecule has 0 saturated heterocycles. The summed E-state index contributed by atoms with van der Waals surface area (Å²) in [7, 11) is 0. The molecule has 0 amide bonds. The van der Waals surface area contributed by atoms with Crippen molar-refractivity contribution in [3.63, 3.8) is 0 Å². The van der Waals surface area contributed by atoms with Crippen LogP contribution in [0.1, 0.15) is 52.9 Å². The van der Waals surface area contributed by atoms with Crippen LogP contribution >= 0.6 is 0 Å². The lowest BCUT2D eigenvalue weighted by molar-refractivity contribution is -0.279. The van der Waals surface area contributed by atoms with E-state index in [4.69, 9.17) is 0 Å². The van der Waals surface area contributed by atoms with Gasteiger partial charge in [0, 0.05) is 6.92 Å². The Kier molecular flexibility index (Phi) is 4.48. The number of alkyl halides is 5. The monoisotopic (exact) mass is 342 g/mol. The summed E-state index contributed by atoms with van der Waals surface area (Å²) in [6, 6.07) is 0. The van der Waals surface area contributed by atoms with Crippen molar-refractivity contribution in [2.75, 3.05) is 0 Å². The third-order valence-electron chi connectivity index (χ3n) is 5.45. The standard InChI is InChI=1S/C15H19F5O2.CH4/c1-13(16,17)11(15(18,19)20)22-12(21)14-5-8-2-9(6-14)4-10(3-8)7-14;/h8-11H,2-7H2,1H3;1H4. The predicted molar refractivity (Wildman–Crippen MR) is 73.9 cm³/mol. The molecular formula is C16H23F5O2. The first-order valence-corrected chi connectivity index (χ1v) is 7.65. The van der Waals surface area contributed by atoms with Gasteiger partial charge in [0.15, 0.2) is 0 Å². The van der Waals surface area contributed by atoms with E-state index in [0.29, 0.717) is 37.0 Å². The van der Waals surface area contributed by atoms with Gasteiger partial charge in [0.1, 0.15) is 0 Å². The molecule has 0 radical (unpaired) electrons. The first kappa shape index (κ1) is 18.5. The van der Waals surface area contributed by atoms with Crippen LogP contribution in [0, 0.1) is 23.2 Å². The fourth-order valence-corrected chi connectivity index (χ4v) is 5.05. The Balaban J connectivity index is 0.00000192. The normalized spacial score (nSPS) is 37.2. The van der Waals surface area contributed by atoms with Gasteiger partial charge in [-0.2, -0.15) is 13.2 Å². The molecule has 0 aromatic carbocycles. The van der Waals surface area contributed by atoms with Gasteiger partial charge in [-0.15, -0.1) is 0 Å². The molecule has 0 heterocycles. The second-order valence-electron chi connectivity index (χ2n) is 7.48. The average Bonchev–Trinajstić information content (AvgIpc) is 2.30. The number of ether oxygens (including phenoxy) is 1. The summed E-state index contributed by atoms with van der Waals surface area (Å²) in [6.45, 7) is 0.137. The molecule has 0 N–H and O–H groups in total. The number of hydrogen-bond donors (Lipinski definition) is 0. The van der Waals surface area contributed by atoms with Gasteiger partial charge in [0.25, 0.3) is 12.0 Å². The highest BCUT2D eigenvalue weighted by molar-refractivity contribution is 5.78. The number of carbonyl (C=O) groups is 1. The Morgan fingerprint density at radius 3 is 1.70 bits per heavy atom. The van der Waals surface area contributed by atoms with Gasteiger partial charge in [-0.25, -0.2) is 8.78 Å². The van der Waals surface area contributed by atoms with Gasteiger partial charge >= 0.3 is 12.1 Å². The Morgan fingerprint density at radius 1 is 1.00 bits per heavy atom. The molecule has 0 aromatic heterocycles. The molecule has 4 aliphatic rings. The van der Waals surface area contributed by atoms with E-state index in [1.165, 1.54) is 0 Å². The minimum absolute atomic E-state index is 0. The number of hydrogen-bond acceptors (Lipinski definition) is 2. The molecule has 2 nitrogen and oxygen atoms in total. The second-order valence-corrected chi connectivity index (χ2v) is 7.48. The summed E-state index contributed by atoms with van der Waals surface area (Å²) in [5, 5.41) is 0. The maximum atomic E-state index is 13.2. The Morgan fingerprint density at radius 2 is 1.39 bits per heavy atom. The summed E-state index contributed by atoms with van der Waals surface area (Å²) < 4.78 is 69.2. The minimum Gasteiger partial charge on any atom is -0.446 e. The van der Waals surface area contributed by atoms with E-state index in [9.17, 15) is 26.7 Å². The van der Waals surface area contributed by atoms with E-state index >= 15 is 0 Å². The van der Waals surface area contributed by atoms with Crippen LogP contribution < -0.4 is 0 Å². The lowest BCUT2D eigenvalue weighted by Crippen LogP contribution is -2.54. The Labute approximate surface area is 132 Å². The van der Waals surface area contributed by atoms with Crippen LogP contribution in [0.25, 0.3) is 0 Å². The number of esters is 1. The molecule has 23 heavy (non-hydrogen) atoms. The van der Waals surface area contributed by atoms with Gasteiger partial charge in [-0.05, 0) is 56.3 Å². The Bertz CT molecular complexity index is 417. The summed E-state index contributed by atoms with van der Waals surface area (Å²) in [5.74, 6) is -4.24. The van der Waals surface area contributed by atoms with Crippen LogP contribution in [0.5, 0.6) is 0 Å². The minimum atomic E-state index is -5.27. The third-order valence-corrected chi connectivity index (χ3v) is 5.45. The molecule has 4 rings (SSSR count). The molecule has 1 unspecified atom stereocenters. The fraction of sp³-hybridized carbons (Fsp3) is 0.938. The van der Waals surface area contributed by atoms with Crippen molar-refractivity contribution in [2.45, 2.75) is 71.1 Å². The van der Waals surface area contributed by atoms with Crippen LogP contribution in [0.3, 0.4) is 0 Å². The topological polar surface area (TPSA) is 26.3 Å². The van der Waals surface area contributed by atoms with Crippen LogP contribution in [0.15, 0.2) is 0 Å². The van der Waals surface area contributed by atoms with E-state index in [1.807, 2.05) is 0 Å². The number of rotatable bonds is 3. The molecule has 7 heteroatoms. The van der Waals surface area contributed by atoms with E-state index in [-0.39, 0.29) is 14.4 Å².